The molecule has 0 saturated heterocycles. The maximum absolute atomic E-state index is 12.0. The van der Waals surface area contributed by atoms with Gasteiger partial charge in [-0.25, -0.2) is 9.59 Å². The molecule has 0 aliphatic heterocycles. The van der Waals surface area contributed by atoms with Gasteiger partial charge in [0.1, 0.15) is 0 Å². The third-order valence-electron chi connectivity index (χ3n) is 3.30. The first-order valence-electron chi connectivity index (χ1n) is 7.76. The van der Waals surface area contributed by atoms with Crippen LogP contribution >= 0.6 is 23.9 Å². The van der Waals surface area contributed by atoms with E-state index in [0.717, 1.165) is 23.9 Å². The Labute approximate surface area is 169 Å². The number of methoxy groups -OCH3 is 2. The molecule has 0 aromatic heterocycles. The first-order valence-corrected chi connectivity index (χ1v) is 9.40. The van der Waals surface area contributed by atoms with Crippen LogP contribution in [0, 0.1) is 0 Å². The molecule has 0 fully saturated rings. The van der Waals surface area contributed by atoms with Crippen LogP contribution in [0.15, 0.2) is 58.3 Å². The van der Waals surface area contributed by atoms with Crippen molar-refractivity contribution in [3.05, 3.63) is 59.7 Å². The van der Waals surface area contributed by atoms with Crippen LogP contribution in [0.2, 0.25) is 0 Å². The Balaban J connectivity index is 1.96. The molecule has 0 spiro atoms. The zero-order valence-electron chi connectivity index (χ0n) is 14.9. The summed E-state index contributed by atoms with van der Waals surface area (Å²) in [4.78, 5) is 48.3. The van der Waals surface area contributed by atoms with Gasteiger partial charge in [-0.2, -0.15) is 0 Å². The number of rotatable bonds is 6. The second kappa shape index (κ2) is 10.4. The molecule has 2 aromatic carbocycles. The molecule has 0 aliphatic carbocycles. The van der Waals surface area contributed by atoms with E-state index in [9.17, 15) is 19.2 Å². The fraction of sp³-hybridized carbons (Fsp3) is 0.111. The summed E-state index contributed by atoms with van der Waals surface area (Å²) < 4.78 is 14.1. The standard InChI is InChI=1S/C18H16N2O6S2/c1-25-17(23)11-7-3-5-9-13(11)27-19-15(21)16(22)20-28-14-10-6-4-8-12(14)18(24)26-2/h3-10H,1-2H3,(H,19,21)(H,20,22). The SMILES string of the molecule is COC(=O)c1ccccc1SNC(=O)C(=O)NSc1ccccc1C(=O)OC. The first-order chi connectivity index (χ1) is 13.5. The van der Waals surface area contributed by atoms with Crippen LogP contribution in [0.1, 0.15) is 20.7 Å². The molecular weight excluding hydrogens is 404 g/mol. The smallest absolute Gasteiger partial charge is 0.339 e. The third kappa shape index (κ3) is 5.51. The van der Waals surface area contributed by atoms with Gasteiger partial charge in [-0.3, -0.25) is 19.0 Å². The Morgan fingerprint density at radius 1 is 0.679 bits per heavy atom. The van der Waals surface area contributed by atoms with E-state index >= 15 is 0 Å². The molecule has 0 unspecified atom stereocenters. The minimum atomic E-state index is -0.923. The van der Waals surface area contributed by atoms with E-state index in [0.29, 0.717) is 9.79 Å². The largest absolute Gasteiger partial charge is 0.465 e. The molecule has 0 bridgehead atoms. The Bertz CT molecular complexity index is 830. The molecule has 8 nitrogen and oxygen atoms in total. The van der Waals surface area contributed by atoms with Gasteiger partial charge in [-0.15, -0.1) is 0 Å². The number of carbonyl (C=O) groups excluding carboxylic acids is 4. The molecule has 28 heavy (non-hydrogen) atoms. The fourth-order valence-electron chi connectivity index (χ4n) is 1.96. The van der Waals surface area contributed by atoms with Crippen molar-refractivity contribution in [2.75, 3.05) is 14.2 Å². The summed E-state index contributed by atoms with van der Waals surface area (Å²) in [5.41, 5.74) is 0.522. The average molecular weight is 420 g/mol. The lowest BCUT2D eigenvalue weighted by atomic mass is 10.2. The summed E-state index contributed by atoms with van der Waals surface area (Å²) in [6, 6.07) is 13.0. The van der Waals surface area contributed by atoms with Gasteiger partial charge >= 0.3 is 23.8 Å². The van der Waals surface area contributed by atoms with E-state index in [1.165, 1.54) is 14.2 Å². The third-order valence-corrected chi connectivity index (χ3v) is 5.03. The van der Waals surface area contributed by atoms with Crippen molar-refractivity contribution in [2.45, 2.75) is 9.79 Å². The highest BCUT2D eigenvalue weighted by Crippen LogP contribution is 2.22. The molecule has 2 amide bonds. The monoisotopic (exact) mass is 420 g/mol. The summed E-state index contributed by atoms with van der Waals surface area (Å²) in [5, 5.41) is 0. The summed E-state index contributed by atoms with van der Waals surface area (Å²) >= 11 is 1.63. The van der Waals surface area contributed by atoms with Gasteiger partial charge in [0, 0.05) is 9.79 Å². The average Bonchev–Trinajstić information content (AvgIpc) is 2.74. The highest BCUT2D eigenvalue weighted by molar-refractivity contribution is 7.98. The van der Waals surface area contributed by atoms with E-state index in [4.69, 9.17) is 0 Å². The summed E-state index contributed by atoms with van der Waals surface area (Å²) in [6.07, 6.45) is 0. The number of hydrogen-bond acceptors (Lipinski definition) is 8. The maximum atomic E-state index is 12.0. The molecular formula is C18H16N2O6S2. The lowest BCUT2D eigenvalue weighted by molar-refractivity contribution is -0.136. The van der Waals surface area contributed by atoms with Gasteiger partial charge in [-0.05, 0) is 48.2 Å². The van der Waals surface area contributed by atoms with Crippen molar-refractivity contribution < 1.29 is 28.7 Å². The molecule has 0 radical (unpaired) electrons. The minimum absolute atomic E-state index is 0.261. The highest BCUT2D eigenvalue weighted by Gasteiger charge is 2.18. The molecule has 146 valence electrons. The number of carbonyl (C=O) groups is 4. The number of ether oxygens (including phenoxy) is 2. The number of amides is 2. The minimum Gasteiger partial charge on any atom is -0.465 e. The quantitative estimate of drug-likeness (QED) is 0.416. The van der Waals surface area contributed by atoms with E-state index in [-0.39, 0.29) is 11.1 Å². The number of esters is 2. The molecule has 0 saturated carbocycles. The molecule has 0 heterocycles. The molecule has 0 atom stereocenters. The summed E-state index contributed by atoms with van der Waals surface area (Å²) in [6.45, 7) is 0. The lowest BCUT2D eigenvalue weighted by Crippen LogP contribution is -2.33. The van der Waals surface area contributed by atoms with Crippen LogP contribution in [0.5, 0.6) is 0 Å². The van der Waals surface area contributed by atoms with Gasteiger partial charge in [0.05, 0.1) is 25.3 Å². The van der Waals surface area contributed by atoms with Gasteiger partial charge in [0.2, 0.25) is 0 Å². The summed E-state index contributed by atoms with van der Waals surface area (Å²) in [5.74, 6) is -2.96. The predicted octanol–water partition coefficient (Wildman–Crippen LogP) is 2.21. The Kier molecular flexibility index (Phi) is 7.90. The van der Waals surface area contributed by atoms with E-state index in [2.05, 4.69) is 18.9 Å². The lowest BCUT2D eigenvalue weighted by Gasteiger charge is -2.09. The van der Waals surface area contributed by atoms with Crippen molar-refractivity contribution in [2.24, 2.45) is 0 Å². The molecule has 2 aromatic rings. The number of hydrogen-bond donors (Lipinski definition) is 2. The normalized spacial score (nSPS) is 9.93. The van der Waals surface area contributed by atoms with Crippen molar-refractivity contribution in [3.8, 4) is 0 Å². The van der Waals surface area contributed by atoms with Crippen molar-refractivity contribution in [1.82, 2.24) is 9.44 Å². The predicted molar refractivity (Wildman–Crippen MR) is 104 cm³/mol. The van der Waals surface area contributed by atoms with Crippen LogP contribution in [-0.4, -0.2) is 38.0 Å². The zero-order chi connectivity index (χ0) is 20.5. The number of benzene rings is 2. The fourth-order valence-corrected chi connectivity index (χ4v) is 3.37. The van der Waals surface area contributed by atoms with Crippen LogP contribution in [0.3, 0.4) is 0 Å². The number of nitrogens with one attached hydrogen (secondary N) is 2. The van der Waals surface area contributed by atoms with E-state index in [1.54, 1.807) is 48.5 Å². The van der Waals surface area contributed by atoms with Crippen LogP contribution in [0.4, 0.5) is 0 Å². The first kappa shape index (κ1) is 21.3. The van der Waals surface area contributed by atoms with Crippen LogP contribution in [0.25, 0.3) is 0 Å². The van der Waals surface area contributed by atoms with Crippen molar-refractivity contribution in [1.29, 1.82) is 0 Å². The second-order valence-electron chi connectivity index (χ2n) is 5.04. The van der Waals surface area contributed by atoms with E-state index < -0.39 is 23.8 Å². The molecule has 2 N–H and O–H groups in total. The van der Waals surface area contributed by atoms with Crippen LogP contribution in [-0.2, 0) is 19.1 Å². The highest BCUT2D eigenvalue weighted by atomic mass is 32.2. The summed E-state index contributed by atoms with van der Waals surface area (Å²) in [7, 11) is 2.50. The van der Waals surface area contributed by atoms with Gasteiger partial charge in [-0.1, -0.05) is 24.3 Å². The second-order valence-corrected chi connectivity index (χ2v) is 6.74. The maximum Gasteiger partial charge on any atom is 0.339 e. The Morgan fingerprint density at radius 3 is 1.39 bits per heavy atom. The van der Waals surface area contributed by atoms with Crippen molar-refractivity contribution in [3.63, 3.8) is 0 Å². The Morgan fingerprint density at radius 2 is 1.04 bits per heavy atom. The van der Waals surface area contributed by atoms with Crippen molar-refractivity contribution >= 4 is 47.6 Å². The molecule has 10 heteroatoms. The Hall–Kier alpha value is -2.98. The zero-order valence-corrected chi connectivity index (χ0v) is 16.5. The van der Waals surface area contributed by atoms with Crippen LogP contribution < -0.4 is 9.44 Å². The molecule has 2 rings (SSSR count). The molecule has 0 aliphatic rings. The van der Waals surface area contributed by atoms with Gasteiger partial charge < -0.3 is 9.47 Å². The van der Waals surface area contributed by atoms with E-state index in [1.807, 2.05) is 0 Å². The topological polar surface area (TPSA) is 111 Å². The van der Waals surface area contributed by atoms with Gasteiger partial charge in [0.25, 0.3) is 0 Å². The van der Waals surface area contributed by atoms with Gasteiger partial charge in [0.15, 0.2) is 0 Å².